The van der Waals surface area contributed by atoms with Crippen molar-refractivity contribution in [3.8, 4) is 0 Å². The molecule has 2 rings (SSSR count). The summed E-state index contributed by atoms with van der Waals surface area (Å²) in [6.45, 7) is 7.09. The predicted octanol–water partition coefficient (Wildman–Crippen LogP) is 2.78. The maximum absolute atomic E-state index is 4.27. The molecular formula is C13H18N4. The van der Waals surface area contributed by atoms with Crippen molar-refractivity contribution in [1.29, 1.82) is 0 Å². The third-order valence-corrected chi connectivity index (χ3v) is 2.77. The average molecular weight is 230 g/mol. The van der Waals surface area contributed by atoms with Gasteiger partial charge in [0, 0.05) is 24.0 Å². The number of nitrogens with one attached hydrogen (secondary N) is 1. The molecule has 0 aliphatic heterocycles. The molecule has 1 unspecified atom stereocenters. The van der Waals surface area contributed by atoms with Gasteiger partial charge in [-0.05, 0) is 32.9 Å². The quantitative estimate of drug-likeness (QED) is 0.878. The van der Waals surface area contributed by atoms with Crippen LogP contribution in [0.5, 0.6) is 0 Å². The normalized spacial score (nSPS) is 12.4. The van der Waals surface area contributed by atoms with Crippen LogP contribution in [0.2, 0.25) is 0 Å². The van der Waals surface area contributed by atoms with Gasteiger partial charge in [0.05, 0.1) is 24.1 Å². The van der Waals surface area contributed by atoms with Crippen LogP contribution in [0.25, 0.3) is 0 Å². The van der Waals surface area contributed by atoms with E-state index in [2.05, 4.69) is 35.4 Å². The summed E-state index contributed by atoms with van der Waals surface area (Å²) >= 11 is 0. The summed E-state index contributed by atoms with van der Waals surface area (Å²) in [5.41, 5.74) is 3.25. The maximum Gasteiger partial charge on any atom is 0.0542 e. The molecule has 0 bridgehead atoms. The third kappa shape index (κ3) is 2.84. The van der Waals surface area contributed by atoms with Crippen molar-refractivity contribution < 1.29 is 0 Å². The third-order valence-electron chi connectivity index (χ3n) is 2.77. The Hall–Kier alpha value is -1.84. The SMILES string of the molecule is CCn1cc(C(C)Nc2ccc(C)nc2)cn1. The summed E-state index contributed by atoms with van der Waals surface area (Å²) in [5.74, 6) is 0. The zero-order chi connectivity index (χ0) is 12.3. The molecule has 0 radical (unpaired) electrons. The van der Waals surface area contributed by atoms with E-state index in [0.717, 1.165) is 17.9 Å². The molecule has 0 saturated heterocycles. The van der Waals surface area contributed by atoms with Crippen molar-refractivity contribution in [2.75, 3.05) is 5.32 Å². The zero-order valence-corrected chi connectivity index (χ0v) is 10.5. The van der Waals surface area contributed by atoms with Crippen molar-refractivity contribution in [2.24, 2.45) is 0 Å². The van der Waals surface area contributed by atoms with Crippen molar-refractivity contribution in [3.05, 3.63) is 42.0 Å². The van der Waals surface area contributed by atoms with E-state index in [9.17, 15) is 0 Å². The van der Waals surface area contributed by atoms with E-state index >= 15 is 0 Å². The molecule has 0 aliphatic carbocycles. The zero-order valence-electron chi connectivity index (χ0n) is 10.5. The Morgan fingerprint density at radius 1 is 1.35 bits per heavy atom. The molecule has 0 fully saturated rings. The molecule has 0 amide bonds. The first-order valence-electron chi connectivity index (χ1n) is 5.90. The summed E-state index contributed by atoms with van der Waals surface area (Å²) < 4.78 is 1.93. The molecule has 17 heavy (non-hydrogen) atoms. The van der Waals surface area contributed by atoms with Gasteiger partial charge in [-0.25, -0.2) is 0 Å². The highest BCUT2D eigenvalue weighted by atomic mass is 15.3. The predicted molar refractivity (Wildman–Crippen MR) is 68.9 cm³/mol. The van der Waals surface area contributed by atoms with Crippen LogP contribution in [-0.2, 0) is 6.54 Å². The minimum Gasteiger partial charge on any atom is -0.377 e. The number of pyridine rings is 1. The molecule has 0 aromatic carbocycles. The van der Waals surface area contributed by atoms with Gasteiger partial charge in [0.25, 0.3) is 0 Å². The molecular weight excluding hydrogens is 212 g/mol. The van der Waals surface area contributed by atoms with Gasteiger partial charge in [0.2, 0.25) is 0 Å². The highest BCUT2D eigenvalue weighted by Gasteiger charge is 2.07. The van der Waals surface area contributed by atoms with Gasteiger partial charge < -0.3 is 5.32 Å². The van der Waals surface area contributed by atoms with E-state index in [4.69, 9.17) is 0 Å². The molecule has 0 aliphatic rings. The van der Waals surface area contributed by atoms with Crippen molar-refractivity contribution in [2.45, 2.75) is 33.4 Å². The van der Waals surface area contributed by atoms with Crippen molar-refractivity contribution in [1.82, 2.24) is 14.8 Å². The lowest BCUT2D eigenvalue weighted by atomic mass is 10.2. The smallest absolute Gasteiger partial charge is 0.0542 e. The molecule has 0 saturated carbocycles. The molecule has 1 atom stereocenters. The lowest BCUT2D eigenvalue weighted by molar-refractivity contribution is 0.658. The van der Waals surface area contributed by atoms with Gasteiger partial charge >= 0.3 is 0 Å². The maximum atomic E-state index is 4.27. The molecule has 2 heterocycles. The summed E-state index contributed by atoms with van der Waals surface area (Å²) in [5, 5.41) is 7.68. The molecule has 4 nitrogen and oxygen atoms in total. The van der Waals surface area contributed by atoms with E-state index in [1.54, 1.807) is 0 Å². The minimum absolute atomic E-state index is 0.236. The van der Waals surface area contributed by atoms with Crippen LogP contribution in [0, 0.1) is 6.92 Å². The molecule has 0 spiro atoms. The fourth-order valence-corrected chi connectivity index (χ4v) is 1.66. The Labute approximate surface area is 102 Å². The summed E-state index contributed by atoms with van der Waals surface area (Å²) in [7, 11) is 0. The first-order chi connectivity index (χ1) is 8.19. The van der Waals surface area contributed by atoms with E-state index < -0.39 is 0 Å². The van der Waals surface area contributed by atoms with Gasteiger partial charge in [0.15, 0.2) is 0 Å². The lowest BCUT2D eigenvalue weighted by Gasteiger charge is -2.13. The summed E-state index contributed by atoms with van der Waals surface area (Å²) in [6.07, 6.45) is 5.83. The highest BCUT2D eigenvalue weighted by molar-refractivity contribution is 5.43. The first-order valence-corrected chi connectivity index (χ1v) is 5.90. The van der Waals surface area contributed by atoms with Crippen molar-refractivity contribution in [3.63, 3.8) is 0 Å². The van der Waals surface area contributed by atoms with E-state index in [1.165, 1.54) is 5.56 Å². The second-order valence-corrected chi connectivity index (χ2v) is 4.18. The summed E-state index contributed by atoms with van der Waals surface area (Å²) in [4.78, 5) is 4.26. The van der Waals surface area contributed by atoms with Crippen LogP contribution in [0.4, 0.5) is 5.69 Å². The van der Waals surface area contributed by atoms with Crippen LogP contribution >= 0.6 is 0 Å². The Bertz CT molecular complexity index is 472. The first kappa shape index (κ1) is 11.6. The van der Waals surface area contributed by atoms with Gasteiger partial charge in [-0.3, -0.25) is 9.67 Å². The fraction of sp³-hybridized carbons (Fsp3) is 0.385. The van der Waals surface area contributed by atoms with Gasteiger partial charge in [-0.1, -0.05) is 0 Å². The van der Waals surface area contributed by atoms with Crippen LogP contribution in [0.3, 0.4) is 0 Å². The van der Waals surface area contributed by atoms with E-state index in [-0.39, 0.29) is 6.04 Å². The minimum atomic E-state index is 0.236. The Morgan fingerprint density at radius 2 is 2.18 bits per heavy atom. The standard InChI is InChI=1S/C13H18N4/c1-4-17-9-12(7-15-17)11(3)16-13-6-5-10(2)14-8-13/h5-9,11,16H,4H2,1-3H3. The van der Waals surface area contributed by atoms with Crippen molar-refractivity contribution >= 4 is 5.69 Å². The Balaban J connectivity index is 2.05. The fourth-order valence-electron chi connectivity index (χ4n) is 1.66. The van der Waals surface area contributed by atoms with Gasteiger partial charge in [-0.15, -0.1) is 0 Å². The average Bonchev–Trinajstić information content (AvgIpc) is 2.81. The van der Waals surface area contributed by atoms with Crippen LogP contribution in [-0.4, -0.2) is 14.8 Å². The lowest BCUT2D eigenvalue weighted by Crippen LogP contribution is -2.06. The molecule has 2 aromatic heterocycles. The Morgan fingerprint density at radius 3 is 2.76 bits per heavy atom. The van der Waals surface area contributed by atoms with Gasteiger partial charge in [-0.2, -0.15) is 5.10 Å². The molecule has 4 heteroatoms. The largest absolute Gasteiger partial charge is 0.377 e. The van der Waals surface area contributed by atoms with Crippen LogP contribution < -0.4 is 5.32 Å². The van der Waals surface area contributed by atoms with Gasteiger partial charge in [0.1, 0.15) is 0 Å². The second kappa shape index (κ2) is 4.99. The number of hydrogen-bond acceptors (Lipinski definition) is 3. The topological polar surface area (TPSA) is 42.7 Å². The number of aromatic nitrogens is 3. The van der Waals surface area contributed by atoms with E-state index in [1.807, 2.05) is 36.1 Å². The Kier molecular flexibility index (Phi) is 3.42. The number of hydrogen-bond donors (Lipinski definition) is 1. The number of aryl methyl sites for hydroxylation is 2. The molecule has 90 valence electrons. The molecule has 2 aromatic rings. The number of anilines is 1. The monoisotopic (exact) mass is 230 g/mol. The number of rotatable bonds is 4. The van der Waals surface area contributed by atoms with E-state index in [0.29, 0.717) is 0 Å². The summed E-state index contributed by atoms with van der Waals surface area (Å²) in [6, 6.07) is 4.29. The molecule has 1 N–H and O–H groups in total. The second-order valence-electron chi connectivity index (χ2n) is 4.18. The highest BCUT2D eigenvalue weighted by Crippen LogP contribution is 2.17. The van der Waals surface area contributed by atoms with Crippen LogP contribution in [0.15, 0.2) is 30.7 Å². The van der Waals surface area contributed by atoms with Crippen LogP contribution in [0.1, 0.15) is 31.1 Å². The number of nitrogens with zero attached hydrogens (tertiary/aromatic N) is 3.